The fraction of sp³-hybridized carbons (Fsp3) is 0.556. The highest BCUT2D eigenvalue weighted by Crippen LogP contribution is 2.18. The van der Waals surface area contributed by atoms with Crippen LogP contribution in [0.15, 0.2) is 18.3 Å². The fourth-order valence-electron chi connectivity index (χ4n) is 2.87. The Morgan fingerprint density at radius 2 is 2.08 bits per heavy atom. The van der Waals surface area contributed by atoms with Crippen molar-refractivity contribution in [3.63, 3.8) is 0 Å². The lowest BCUT2D eigenvalue weighted by Crippen LogP contribution is -2.47. The van der Waals surface area contributed by atoms with Crippen LogP contribution in [0.4, 0.5) is 5.82 Å². The topological polar surface area (TPSA) is 98.1 Å². The minimum absolute atomic E-state index is 0.0718. The highest BCUT2D eigenvalue weighted by Gasteiger charge is 2.23. The first-order chi connectivity index (χ1) is 12.0. The van der Waals surface area contributed by atoms with Crippen molar-refractivity contribution in [1.82, 2.24) is 15.6 Å². The van der Waals surface area contributed by atoms with Crippen molar-refractivity contribution in [2.75, 3.05) is 24.5 Å². The molecule has 1 aliphatic heterocycles. The maximum absolute atomic E-state index is 12.6. The van der Waals surface area contributed by atoms with Crippen molar-refractivity contribution in [1.29, 1.82) is 5.26 Å². The Hall–Kier alpha value is -2.62. The molecule has 2 heterocycles. The van der Waals surface area contributed by atoms with Gasteiger partial charge in [0.05, 0.1) is 6.07 Å². The number of nitriles is 1. The maximum Gasteiger partial charge on any atom is 0.252 e. The number of amides is 2. The largest absolute Gasteiger partial charge is 0.357 e. The second kappa shape index (κ2) is 9.02. The summed E-state index contributed by atoms with van der Waals surface area (Å²) in [6.07, 6.45) is 4.39. The molecule has 1 aromatic heterocycles. The Labute approximate surface area is 148 Å². The van der Waals surface area contributed by atoms with Crippen LogP contribution in [0.25, 0.3) is 0 Å². The molecule has 2 rings (SSSR count). The molecule has 0 aromatic carbocycles. The zero-order chi connectivity index (χ0) is 18.2. The quantitative estimate of drug-likeness (QED) is 0.731. The SMILES string of the molecule is CC(C)C[C@H](NC(=O)c1ccnc(N2CCCC2)c1)C(=O)NCC#N. The molecule has 1 aliphatic rings. The number of pyridine rings is 1. The van der Waals surface area contributed by atoms with Gasteiger partial charge in [-0.15, -0.1) is 0 Å². The van der Waals surface area contributed by atoms with Gasteiger partial charge in [-0.3, -0.25) is 9.59 Å². The molecule has 1 fully saturated rings. The Kier molecular flexibility index (Phi) is 6.75. The van der Waals surface area contributed by atoms with Crippen LogP contribution in [-0.4, -0.2) is 42.5 Å². The minimum atomic E-state index is -0.663. The molecule has 0 saturated carbocycles. The highest BCUT2D eigenvalue weighted by atomic mass is 16.2. The fourth-order valence-corrected chi connectivity index (χ4v) is 2.87. The second-order valence-corrected chi connectivity index (χ2v) is 6.63. The van der Waals surface area contributed by atoms with Gasteiger partial charge in [-0.2, -0.15) is 5.26 Å². The first-order valence-corrected chi connectivity index (χ1v) is 8.67. The molecule has 25 heavy (non-hydrogen) atoms. The summed E-state index contributed by atoms with van der Waals surface area (Å²) >= 11 is 0. The van der Waals surface area contributed by atoms with E-state index in [-0.39, 0.29) is 24.3 Å². The van der Waals surface area contributed by atoms with E-state index in [1.165, 1.54) is 0 Å². The molecule has 0 bridgehead atoms. The van der Waals surface area contributed by atoms with E-state index in [0.717, 1.165) is 31.7 Å². The number of carbonyl (C=O) groups excluding carboxylic acids is 2. The lowest BCUT2D eigenvalue weighted by atomic mass is 10.0. The molecule has 0 spiro atoms. The van der Waals surface area contributed by atoms with Crippen LogP contribution in [0.5, 0.6) is 0 Å². The smallest absolute Gasteiger partial charge is 0.252 e. The van der Waals surface area contributed by atoms with Gasteiger partial charge in [-0.25, -0.2) is 4.98 Å². The summed E-state index contributed by atoms with van der Waals surface area (Å²) < 4.78 is 0. The molecule has 134 valence electrons. The monoisotopic (exact) mass is 343 g/mol. The minimum Gasteiger partial charge on any atom is -0.357 e. The molecule has 2 N–H and O–H groups in total. The van der Waals surface area contributed by atoms with Crippen molar-refractivity contribution in [3.8, 4) is 6.07 Å². The molecule has 1 aromatic rings. The van der Waals surface area contributed by atoms with Gasteiger partial charge in [0.1, 0.15) is 18.4 Å². The zero-order valence-electron chi connectivity index (χ0n) is 14.8. The van der Waals surface area contributed by atoms with Gasteiger partial charge in [-0.05, 0) is 37.3 Å². The molecule has 0 aliphatic carbocycles. The van der Waals surface area contributed by atoms with Crippen LogP contribution in [0.3, 0.4) is 0 Å². The number of hydrogen-bond donors (Lipinski definition) is 2. The van der Waals surface area contributed by atoms with E-state index in [9.17, 15) is 9.59 Å². The molecule has 7 nitrogen and oxygen atoms in total. The molecule has 2 amide bonds. The van der Waals surface area contributed by atoms with E-state index < -0.39 is 6.04 Å². The van der Waals surface area contributed by atoms with Crippen LogP contribution in [0, 0.1) is 17.2 Å². The molecule has 0 radical (unpaired) electrons. The van der Waals surface area contributed by atoms with Crippen molar-refractivity contribution in [2.45, 2.75) is 39.2 Å². The van der Waals surface area contributed by atoms with E-state index in [1.54, 1.807) is 18.3 Å². The first-order valence-electron chi connectivity index (χ1n) is 8.67. The van der Waals surface area contributed by atoms with Gasteiger partial charge < -0.3 is 15.5 Å². The van der Waals surface area contributed by atoms with Crippen LogP contribution >= 0.6 is 0 Å². The lowest BCUT2D eigenvalue weighted by Gasteiger charge is -2.20. The van der Waals surface area contributed by atoms with Crippen molar-refractivity contribution >= 4 is 17.6 Å². The average molecular weight is 343 g/mol. The van der Waals surface area contributed by atoms with Crippen molar-refractivity contribution in [3.05, 3.63) is 23.9 Å². The van der Waals surface area contributed by atoms with E-state index in [4.69, 9.17) is 5.26 Å². The number of anilines is 1. The summed E-state index contributed by atoms with van der Waals surface area (Å²) in [6, 6.07) is 4.62. The van der Waals surface area contributed by atoms with E-state index >= 15 is 0 Å². The van der Waals surface area contributed by atoms with Crippen LogP contribution in [0.1, 0.15) is 43.5 Å². The third-order valence-corrected chi connectivity index (χ3v) is 4.11. The average Bonchev–Trinajstić information content (AvgIpc) is 3.13. The second-order valence-electron chi connectivity index (χ2n) is 6.63. The number of nitrogens with one attached hydrogen (secondary N) is 2. The number of nitrogens with zero attached hydrogens (tertiary/aromatic N) is 3. The Balaban J connectivity index is 2.07. The number of hydrogen-bond acceptors (Lipinski definition) is 5. The Morgan fingerprint density at radius 1 is 1.36 bits per heavy atom. The van der Waals surface area contributed by atoms with Crippen LogP contribution in [0.2, 0.25) is 0 Å². The molecule has 1 atom stereocenters. The van der Waals surface area contributed by atoms with E-state index in [2.05, 4.69) is 20.5 Å². The normalized spacial score (nSPS) is 14.9. The predicted octanol–water partition coefficient (Wildman–Crippen LogP) is 1.47. The Bertz CT molecular complexity index is 647. The van der Waals surface area contributed by atoms with Crippen LogP contribution in [-0.2, 0) is 4.79 Å². The number of carbonyl (C=O) groups is 2. The third-order valence-electron chi connectivity index (χ3n) is 4.11. The molecule has 1 saturated heterocycles. The lowest BCUT2D eigenvalue weighted by molar-refractivity contribution is -0.123. The summed E-state index contributed by atoms with van der Waals surface area (Å²) in [5.74, 6) is 0.383. The van der Waals surface area contributed by atoms with Gasteiger partial charge in [0.15, 0.2) is 0 Å². The Morgan fingerprint density at radius 3 is 2.72 bits per heavy atom. The van der Waals surface area contributed by atoms with Crippen molar-refractivity contribution < 1.29 is 9.59 Å². The summed E-state index contributed by atoms with van der Waals surface area (Å²) in [5.41, 5.74) is 0.485. The third kappa shape index (κ3) is 5.45. The van der Waals surface area contributed by atoms with Crippen molar-refractivity contribution in [2.24, 2.45) is 5.92 Å². The zero-order valence-corrected chi connectivity index (χ0v) is 14.8. The summed E-state index contributed by atoms with van der Waals surface area (Å²) in [5, 5.41) is 13.9. The molecule has 0 unspecified atom stereocenters. The number of rotatable bonds is 7. The summed E-state index contributed by atoms with van der Waals surface area (Å²) in [7, 11) is 0. The van der Waals surface area contributed by atoms with Gasteiger partial charge >= 0.3 is 0 Å². The summed E-state index contributed by atoms with van der Waals surface area (Å²) in [6.45, 7) is 5.79. The van der Waals surface area contributed by atoms with E-state index in [1.807, 2.05) is 19.9 Å². The van der Waals surface area contributed by atoms with Gasteiger partial charge in [0.25, 0.3) is 5.91 Å². The van der Waals surface area contributed by atoms with Gasteiger partial charge in [0, 0.05) is 24.8 Å². The standard InChI is InChI=1S/C18H25N5O2/c1-13(2)11-15(18(25)21-8-6-19)22-17(24)14-5-7-20-16(12-14)23-9-3-4-10-23/h5,7,12-13,15H,3-4,8-11H2,1-2H3,(H,21,25)(H,22,24)/t15-/m0/s1. The summed E-state index contributed by atoms with van der Waals surface area (Å²) in [4.78, 5) is 31.3. The maximum atomic E-state index is 12.6. The number of aromatic nitrogens is 1. The predicted molar refractivity (Wildman–Crippen MR) is 95.0 cm³/mol. The van der Waals surface area contributed by atoms with Gasteiger partial charge in [0.2, 0.25) is 5.91 Å². The molecule has 7 heteroatoms. The molecular weight excluding hydrogens is 318 g/mol. The molecular formula is C18H25N5O2. The highest BCUT2D eigenvalue weighted by molar-refractivity contribution is 5.98. The van der Waals surface area contributed by atoms with Gasteiger partial charge in [-0.1, -0.05) is 13.8 Å². The first kappa shape index (κ1) is 18.7. The van der Waals surface area contributed by atoms with E-state index in [0.29, 0.717) is 12.0 Å². The van der Waals surface area contributed by atoms with Crippen LogP contribution < -0.4 is 15.5 Å².